The molecule has 2 N–H and O–H groups in total. The Morgan fingerprint density at radius 2 is 2.06 bits per heavy atom. The molecule has 0 radical (unpaired) electrons. The summed E-state index contributed by atoms with van der Waals surface area (Å²) in [4.78, 5) is 0. The first-order valence-electron chi connectivity index (χ1n) is 5.75. The third kappa shape index (κ3) is 4.32. The first kappa shape index (κ1) is 13.9. The molecule has 0 bridgehead atoms. The molecule has 0 aromatic heterocycles. The van der Waals surface area contributed by atoms with Crippen LogP contribution in [0.25, 0.3) is 0 Å². The second-order valence-corrected chi connectivity index (χ2v) is 4.18. The molecule has 1 aromatic rings. The van der Waals surface area contributed by atoms with Gasteiger partial charge in [-0.2, -0.15) is 0 Å². The highest BCUT2D eigenvalue weighted by atomic mass is 19.1. The SMILES string of the molecule is COCCC(C)Oc1cc(F)ccc1C(C)N. The van der Waals surface area contributed by atoms with Crippen LogP contribution in [0.3, 0.4) is 0 Å². The van der Waals surface area contributed by atoms with Crippen molar-refractivity contribution in [3.63, 3.8) is 0 Å². The van der Waals surface area contributed by atoms with Gasteiger partial charge < -0.3 is 15.2 Å². The molecule has 0 aliphatic carbocycles. The summed E-state index contributed by atoms with van der Waals surface area (Å²) in [5.74, 6) is 0.201. The molecule has 4 heteroatoms. The number of hydrogen-bond acceptors (Lipinski definition) is 3. The van der Waals surface area contributed by atoms with Crippen molar-refractivity contribution in [3.05, 3.63) is 29.6 Å². The van der Waals surface area contributed by atoms with Crippen molar-refractivity contribution in [2.75, 3.05) is 13.7 Å². The highest BCUT2D eigenvalue weighted by molar-refractivity contribution is 5.36. The van der Waals surface area contributed by atoms with E-state index < -0.39 is 0 Å². The maximum absolute atomic E-state index is 13.2. The van der Waals surface area contributed by atoms with Crippen LogP contribution in [0.2, 0.25) is 0 Å². The van der Waals surface area contributed by atoms with E-state index >= 15 is 0 Å². The lowest BCUT2D eigenvalue weighted by atomic mass is 10.1. The van der Waals surface area contributed by atoms with Crippen LogP contribution in [-0.4, -0.2) is 19.8 Å². The van der Waals surface area contributed by atoms with Gasteiger partial charge in [-0.3, -0.25) is 0 Å². The lowest BCUT2D eigenvalue weighted by Gasteiger charge is -2.18. The Morgan fingerprint density at radius 3 is 2.65 bits per heavy atom. The fourth-order valence-corrected chi connectivity index (χ4v) is 1.55. The molecule has 1 aromatic carbocycles. The Hall–Kier alpha value is -1.13. The number of benzene rings is 1. The second kappa shape index (κ2) is 6.57. The Labute approximate surface area is 102 Å². The minimum atomic E-state index is -0.316. The highest BCUT2D eigenvalue weighted by Crippen LogP contribution is 2.26. The molecule has 0 spiro atoms. The molecular formula is C13H20FNO2. The number of rotatable bonds is 6. The largest absolute Gasteiger partial charge is 0.490 e. The van der Waals surface area contributed by atoms with E-state index in [0.717, 1.165) is 12.0 Å². The van der Waals surface area contributed by atoms with Crippen LogP contribution in [0.5, 0.6) is 5.75 Å². The molecule has 1 rings (SSSR count). The normalized spacial score (nSPS) is 14.4. The Morgan fingerprint density at radius 1 is 1.35 bits per heavy atom. The number of methoxy groups -OCH3 is 1. The van der Waals surface area contributed by atoms with Gasteiger partial charge in [0.1, 0.15) is 11.6 Å². The van der Waals surface area contributed by atoms with Gasteiger partial charge in [0.15, 0.2) is 0 Å². The van der Waals surface area contributed by atoms with Crippen molar-refractivity contribution in [3.8, 4) is 5.75 Å². The van der Waals surface area contributed by atoms with Crippen LogP contribution in [0.1, 0.15) is 31.9 Å². The molecule has 0 saturated carbocycles. The molecule has 0 amide bonds. The third-order valence-electron chi connectivity index (χ3n) is 2.52. The molecule has 0 heterocycles. The number of nitrogens with two attached hydrogens (primary N) is 1. The van der Waals surface area contributed by atoms with Crippen molar-refractivity contribution in [1.29, 1.82) is 0 Å². The van der Waals surface area contributed by atoms with Crippen LogP contribution in [0.15, 0.2) is 18.2 Å². The van der Waals surface area contributed by atoms with E-state index in [9.17, 15) is 4.39 Å². The first-order chi connectivity index (χ1) is 8.04. The van der Waals surface area contributed by atoms with E-state index in [1.54, 1.807) is 13.2 Å². The minimum absolute atomic E-state index is 0.0331. The number of halogens is 1. The van der Waals surface area contributed by atoms with Crippen molar-refractivity contribution in [2.45, 2.75) is 32.4 Å². The zero-order valence-electron chi connectivity index (χ0n) is 10.6. The summed E-state index contributed by atoms with van der Waals surface area (Å²) in [6.07, 6.45) is 0.722. The van der Waals surface area contributed by atoms with Crippen LogP contribution < -0.4 is 10.5 Å². The molecule has 2 unspecified atom stereocenters. The van der Waals surface area contributed by atoms with Gasteiger partial charge in [-0.25, -0.2) is 4.39 Å². The third-order valence-corrected chi connectivity index (χ3v) is 2.52. The summed E-state index contributed by atoms with van der Waals surface area (Å²) < 4.78 is 23.8. The summed E-state index contributed by atoms with van der Waals surface area (Å²) in [6.45, 7) is 4.39. The summed E-state index contributed by atoms with van der Waals surface area (Å²) in [5.41, 5.74) is 6.63. The predicted molar refractivity (Wildman–Crippen MR) is 65.6 cm³/mol. The zero-order valence-corrected chi connectivity index (χ0v) is 10.6. The Bertz CT molecular complexity index is 355. The van der Waals surface area contributed by atoms with Crippen LogP contribution >= 0.6 is 0 Å². The molecule has 96 valence electrons. The monoisotopic (exact) mass is 241 g/mol. The molecular weight excluding hydrogens is 221 g/mol. The van der Waals surface area contributed by atoms with Gasteiger partial charge in [0.05, 0.1) is 6.10 Å². The molecule has 0 aliphatic rings. The van der Waals surface area contributed by atoms with Crippen LogP contribution in [0.4, 0.5) is 4.39 Å². The maximum atomic E-state index is 13.2. The lowest BCUT2D eigenvalue weighted by molar-refractivity contribution is 0.134. The van der Waals surface area contributed by atoms with Gasteiger partial charge in [0, 0.05) is 37.8 Å². The summed E-state index contributed by atoms with van der Waals surface area (Å²) in [7, 11) is 1.64. The van der Waals surface area contributed by atoms with Gasteiger partial charge >= 0.3 is 0 Å². The fourth-order valence-electron chi connectivity index (χ4n) is 1.55. The van der Waals surface area contributed by atoms with E-state index in [4.69, 9.17) is 15.2 Å². The van der Waals surface area contributed by atoms with Crippen molar-refractivity contribution < 1.29 is 13.9 Å². The lowest BCUT2D eigenvalue weighted by Crippen LogP contribution is -2.17. The van der Waals surface area contributed by atoms with Crippen molar-refractivity contribution in [2.24, 2.45) is 5.73 Å². The Balaban J connectivity index is 2.77. The van der Waals surface area contributed by atoms with E-state index in [2.05, 4.69) is 0 Å². The molecule has 3 nitrogen and oxygen atoms in total. The standard InChI is InChI=1S/C13H20FNO2/c1-9(6-7-16-3)17-13-8-11(14)4-5-12(13)10(2)15/h4-5,8-10H,6-7,15H2,1-3H3. The van der Waals surface area contributed by atoms with Gasteiger partial charge in [0.25, 0.3) is 0 Å². The average Bonchev–Trinajstić information content (AvgIpc) is 2.26. The molecule has 0 aliphatic heterocycles. The van der Waals surface area contributed by atoms with Gasteiger partial charge in [-0.05, 0) is 19.9 Å². The molecule has 0 fully saturated rings. The molecule has 17 heavy (non-hydrogen) atoms. The molecule has 0 saturated heterocycles. The maximum Gasteiger partial charge on any atom is 0.127 e. The van der Waals surface area contributed by atoms with Crippen LogP contribution in [0, 0.1) is 5.82 Å². The van der Waals surface area contributed by atoms with E-state index in [1.807, 2.05) is 13.8 Å². The van der Waals surface area contributed by atoms with E-state index in [-0.39, 0.29) is 18.0 Å². The van der Waals surface area contributed by atoms with E-state index in [0.29, 0.717) is 12.4 Å². The average molecular weight is 241 g/mol. The second-order valence-electron chi connectivity index (χ2n) is 4.18. The van der Waals surface area contributed by atoms with Crippen molar-refractivity contribution >= 4 is 0 Å². The van der Waals surface area contributed by atoms with E-state index in [1.165, 1.54) is 12.1 Å². The summed E-state index contributed by atoms with van der Waals surface area (Å²) >= 11 is 0. The first-order valence-corrected chi connectivity index (χ1v) is 5.75. The minimum Gasteiger partial charge on any atom is -0.490 e. The Kier molecular flexibility index (Phi) is 5.38. The topological polar surface area (TPSA) is 44.5 Å². The van der Waals surface area contributed by atoms with Crippen molar-refractivity contribution in [1.82, 2.24) is 0 Å². The predicted octanol–water partition coefficient (Wildman–Crippen LogP) is 2.65. The van der Waals surface area contributed by atoms with Gasteiger partial charge in [-0.15, -0.1) is 0 Å². The quantitative estimate of drug-likeness (QED) is 0.832. The highest BCUT2D eigenvalue weighted by Gasteiger charge is 2.12. The van der Waals surface area contributed by atoms with Gasteiger partial charge in [-0.1, -0.05) is 6.07 Å². The van der Waals surface area contributed by atoms with Crippen LogP contribution in [-0.2, 0) is 4.74 Å². The summed E-state index contributed by atoms with van der Waals surface area (Å²) in [5, 5.41) is 0. The molecule has 2 atom stereocenters. The fraction of sp³-hybridized carbons (Fsp3) is 0.538. The number of ether oxygens (including phenoxy) is 2. The summed E-state index contributed by atoms with van der Waals surface area (Å²) in [6, 6.07) is 4.26. The zero-order chi connectivity index (χ0) is 12.8. The van der Waals surface area contributed by atoms with Gasteiger partial charge in [0.2, 0.25) is 0 Å². The number of hydrogen-bond donors (Lipinski definition) is 1. The smallest absolute Gasteiger partial charge is 0.127 e.